The number of ether oxygens (including phenoxy) is 1. The Balaban J connectivity index is 1.42. The van der Waals surface area contributed by atoms with Gasteiger partial charge in [-0.05, 0) is 13.3 Å². The van der Waals surface area contributed by atoms with Gasteiger partial charge in [-0.3, -0.25) is 19.1 Å². The molecule has 1 amide bonds. The summed E-state index contributed by atoms with van der Waals surface area (Å²) in [5, 5.41) is 8.96. The summed E-state index contributed by atoms with van der Waals surface area (Å²) in [4.78, 5) is 17.0. The molecule has 2 aliphatic heterocycles. The maximum Gasteiger partial charge on any atom is 0.257 e. The first-order valence-corrected chi connectivity index (χ1v) is 9.81. The van der Waals surface area contributed by atoms with Crippen LogP contribution < -0.4 is 0 Å². The van der Waals surface area contributed by atoms with Gasteiger partial charge in [0.25, 0.3) is 5.91 Å². The van der Waals surface area contributed by atoms with E-state index in [1.807, 2.05) is 11.9 Å². The molecule has 27 heavy (non-hydrogen) atoms. The van der Waals surface area contributed by atoms with E-state index in [4.69, 9.17) is 9.84 Å². The van der Waals surface area contributed by atoms with Crippen molar-refractivity contribution in [3.8, 4) is 0 Å². The van der Waals surface area contributed by atoms with E-state index in [9.17, 15) is 4.79 Å². The Kier molecular flexibility index (Phi) is 5.27. The van der Waals surface area contributed by atoms with Crippen molar-refractivity contribution in [2.24, 2.45) is 7.05 Å². The van der Waals surface area contributed by atoms with Gasteiger partial charge in [-0.1, -0.05) is 0 Å². The number of carbonyl (C=O) groups is 1. The maximum absolute atomic E-state index is 12.7. The van der Waals surface area contributed by atoms with Crippen LogP contribution in [0.4, 0.5) is 0 Å². The smallest absolute Gasteiger partial charge is 0.257 e. The van der Waals surface area contributed by atoms with Crippen molar-refractivity contribution >= 4 is 5.91 Å². The maximum atomic E-state index is 12.7. The van der Waals surface area contributed by atoms with Crippen molar-refractivity contribution in [2.75, 3.05) is 32.8 Å². The summed E-state index contributed by atoms with van der Waals surface area (Å²) in [6.45, 7) is 8.68. The summed E-state index contributed by atoms with van der Waals surface area (Å²) < 4.78 is 9.48. The highest BCUT2D eigenvalue weighted by atomic mass is 16.5. The van der Waals surface area contributed by atoms with Crippen LogP contribution >= 0.6 is 0 Å². The number of aryl methyl sites for hydroxylation is 2. The molecule has 0 atom stereocenters. The molecule has 1 fully saturated rings. The van der Waals surface area contributed by atoms with Crippen molar-refractivity contribution in [1.29, 1.82) is 0 Å². The fraction of sp³-hybridized carbons (Fsp3) is 0.632. The minimum Gasteiger partial charge on any atom is -0.376 e. The summed E-state index contributed by atoms with van der Waals surface area (Å²) in [6, 6.07) is 0. The van der Waals surface area contributed by atoms with E-state index in [1.165, 1.54) is 11.3 Å². The van der Waals surface area contributed by atoms with Gasteiger partial charge in [0.05, 0.1) is 30.7 Å². The second-order valence-corrected chi connectivity index (χ2v) is 7.31. The molecule has 4 heterocycles. The second kappa shape index (κ2) is 7.82. The zero-order chi connectivity index (χ0) is 18.8. The van der Waals surface area contributed by atoms with Crippen LogP contribution in [-0.4, -0.2) is 68.1 Å². The Bertz CT molecular complexity index is 811. The normalized spacial score (nSPS) is 18.4. The second-order valence-electron chi connectivity index (χ2n) is 7.31. The molecule has 2 aliphatic rings. The molecule has 146 valence electrons. The van der Waals surface area contributed by atoms with E-state index < -0.39 is 0 Å². The van der Waals surface area contributed by atoms with Gasteiger partial charge >= 0.3 is 0 Å². The number of hydrogen-bond acceptors (Lipinski definition) is 5. The van der Waals surface area contributed by atoms with Crippen molar-refractivity contribution in [3.63, 3.8) is 0 Å². The standard InChI is InChI=1S/C19H28N6O2/c1-3-25-18-5-10-27-14-16(18)17(21-25)13-23-6-4-7-24(9-8-23)19(26)15-11-20-22(2)12-15/h11-12H,3-10,13-14H2,1-2H3. The molecule has 0 radical (unpaired) electrons. The van der Waals surface area contributed by atoms with E-state index >= 15 is 0 Å². The van der Waals surface area contributed by atoms with E-state index in [0.717, 1.165) is 64.4 Å². The number of amides is 1. The number of hydrogen-bond donors (Lipinski definition) is 0. The minimum absolute atomic E-state index is 0.0750. The van der Waals surface area contributed by atoms with Gasteiger partial charge in [0.2, 0.25) is 0 Å². The summed E-state index contributed by atoms with van der Waals surface area (Å²) in [6.07, 6.45) is 5.35. The molecule has 0 saturated carbocycles. The zero-order valence-corrected chi connectivity index (χ0v) is 16.2. The molecule has 0 aromatic carbocycles. The average Bonchev–Trinajstić information content (AvgIpc) is 3.18. The Morgan fingerprint density at radius 2 is 2.15 bits per heavy atom. The van der Waals surface area contributed by atoms with Crippen LogP contribution in [0.3, 0.4) is 0 Å². The van der Waals surface area contributed by atoms with Crippen molar-refractivity contribution in [3.05, 3.63) is 34.9 Å². The third kappa shape index (κ3) is 3.77. The fourth-order valence-electron chi connectivity index (χ4n) is 4.03. The van der Waals surface area contributed by atoms with E-state index in [0.29, 0.717) is 12.2 Å². The first kappa shape index (κ1) is 18.2. The molecule has 4 rings (SSSR count). The molecule has 0 bridgehead atoms. The van der Waals surface area contributed by atoms with Gasteiger partial charge in [-0.25, -0.2) is 0 Å². The molecule has 8 nitrogen and oxygen atoms in total. The van der Waals surface area contributed by atoms with Crippen molar-refractivity contribution in [2.45, 2.75) is 39.5 Å². The van der Waals surface area contributed by atoms with E-state index in [1.54, 1.807) is 17.1 Å². The number of nitrogens with zero attached hydrogens (tertiary/aromatic N) is 6. The zero-order valence-electron chi connectivity index (χ0n) is 16.2. The summed E-state index contributed by atoms with van der Waals surface area (Å²) in [7, 11) is 1.83. The van der Waals surface area contributed by atoms with Crippen molar-refractivity contribution < 1.29 is 9.53 Å². The molecule has 0 aliphatic carbocycles. The van der Waals surface area contributed by atoms with Crippen LogP contribution in [0.5, 0.6) is 0 Å². The lowest BCUT2D eigenvalue weighted by Gasteiger charge is -2.21. The molecule has 0 N–H and O–H groups in total. The molecular formula is C19H28N6O2. The first-order valence-electron chi connectivity index (χ1n) is 9.81. The average molecular weight is 372 g/mol. The number of rotatable bonds is 4. The highest BCUT2D eigenvalue weighted by Crippen LogP contribution is 2.22. The highest BCUT2D eigenvalue weighted by Gasteiger charge is 2.25. The van der Waals surface area contributed by atoms with E-state index in [-0.39, 0.29) is 5.91 Å². The van der Waals surface area contributed by atoms with Crippen molar-refractivity contribution in [1.82, 2.24) is 29.4 Å². The van der Waals surface area contributed by atoms with E-state index in [2.05, 4.69) is 21.6 Å². The largest absolute Gasteiger partial charge is 0.376 e. The quantitative estimate of drug-likeness (QED) is 0.803. The van der Waals surface area contributed by atoms with Crippen LogP contribution in [0.2, 0.25) is 0 Å². The summed E-state index contributed by atoms with van der Waals surface area (Å²) in [5.41, 5.74) is 4.41. The van der Waals surface area contributed by atoms with Crippen LogP contribution in [0, 0.1) is 0 Å². The van der Waals surface area contributed by atoms with Crippen LogP contribution in [0.15, 0.2) is 12.4 Å². The van der Waals surface area contributed by atoms with Crippen LogP contribution in [0.1, 0.15) is 40.7 Å². The third-order valence-electron chi connectivity index (χ3n) is 5.48. The molecular weight excluding hydrogens is 344 g/mol. The Labute approximate surface area is 159 Å². The Hall–Kier alpha value is -2.19. The predicted molar refractivity (Wildman–Crippen MR) is 100 cm³/mol. The molecule has 2 aromatic heterocycles. The monoisotopic (exact) mass is 372 g/mol. The number of fused-ring (bicyclic) bond motifs is 1. The molecule has 0 unspecified atom stereocenters. The minimum atomic E-state index is 0.0750. The van der Waals surface area contributed by atoms with Gasteiger partial charge in [0, 0.05) is 70.2 Å². The first-order chi connectivity index (χ1) is 13.2. The lowest BCUT2D eigenvalue weighted by atomic mass is 10.1. The third-order valence-corrected chi connectivity index (χ3v) is 5.48. The van der Waals surface area contributed by atoms with Gasteiger partial charge in [0.15, 0.2) is 0 Å². The lowest BCUT2D eigenvalue weighted by molar-refractivity contribution is 0.0761. The summed E-state index contributed by atoms with van der Waals surface area (Å²) in [5.74, 6) is 0.0750. The van der Waals surface area contributed by atoms with Gasteiger partial charge < -0.3 is 9.64 Å². The Morgan fingerprint density at radius 1 is 1.26 bits per heavy atom. The topological polar surface area (TPSA) is 68.4 Å². The predicted octanol–water partition coefficient (Wildman–Crippen LogP) is 1.06. The molecule has 1 saturated heterocycles. The SMILES string of the molecule is CCn1nc(CN2CCCN(C(=O)c3cnn(C)c3)CC2)c2c1CCOC2. The van der Waals surface area contributed by atoms with Gasteiger partial charge in [-0.15, -0.1) is 0 Å². The molecule has 8 heteroatoms. The van der Waals surface area contributed by atoms with Gasteiger partial charge in [-0.2, -0.15) is 10.2 Å². The lowest BCUT2D eigenvalue weighted by Crippen LogP contribution is -2.35. The molecule has 2 aromatic rings. The Morgan fingerprint density at radius 3 is 2.93 bits per heavy atom. The summed E-state index contributed by atoms with van der Waals surface area (Å²) >= 11 is 0. The van der Waals surface area contributed by atoms with Crippen LogP contribution in [0.25, 0.3) is 0 Å². The van der Waals surface area contributed by atoms with Crippen LogP contribution in [-0.2, 0) is 37.9 Å². The van der Waals surface area contributed by atoms with Gasteiger partial charge in [0.1, 0.15) is 0 Å². The molecule has 0 spiro atoms. The fourth-order valence-corrected chi connectivity index (χ4v) is 4.03. The number of carbonyl (C=O) groups excluding carboxylic acids is 1. The highest BCUT2D eigenvalue weighted by molar-refractivity contribution is 5.93. The number of aromatic nitrogens is 4.